The lowest BCUT2D eigenvalue weighted by atomic mass is 10.2. The molecule has 0 saturated carbocycles. The third-order valence-corrected chi connectivity index (χ3v) is 4.35. The summed E-state index contributed by atoms with van der Waals surface area (Å²) in [6.45, 7) is 1.48. The van der Waals surface area contributed by atoms with E-state index in [1.54, 1.807) is 60.7 Å². The Bertz CT molecular complexity index is 819. The van der Waals surface area contributed by atoms with Crippen molar-refractivity contribution in [2.45, 2.75) is 25.6 Å². The summed E-state index contributed by atoms with van der Waals surface area (Å²) < 4.78 is 15.5. The van der Waals surface area contributed by atoms with Gasteiger partial charge in [-0.1, -0.05) is 36.4 Å². The summed E-state index contributed by atoms with van der Waals surface area (Å²) in [4.78, 5) is 36.5. The van der Waals surface area contributed by atoms with Crippen LogP contribution >= 0.6 is 11.8 Å². The number of hydrogen-bond donors (Lipinski definition) is 2. The van der Waals surface area contributed by atoms with E-state index >= 15 is 0 Å². The predicted molar refractivity (Wildman–Crippen MR) is 114 cm³/mol. The molecule has 2 aromatic carbocycles. The number of hydrogen-bond acceptors (Lipinski definition) is 7. The van der Waals surface area contributed by atoms with Gasteiger partial charge in [0.05, 0.1) is 0 Å². The minimum Gasteiger partial charge on any atom is -0.440 e. The van der Waals surface area contributed by atoms with Crippen molar-refractivity contribution in [2.75, 3.05) is 12.0 Å². The van der Waals surface area contributed by atoms with Crippen LogP contribution < -0.4 is 20.1 Å². The van der Waals surface area contributed by atoms with E-state index in [2.05, 4.69) is 10.6 Å². The van der Waals surface area contributed by atoms with Gasteiger partial charge in [-0.05, 0) is 49.6 Å². The maximum absolute atomic E-state index is 12.5. The van der Waals surface area contributed by atoms with Crippen molar-refractivity contribution >= 4 is 29.9 Å². The number of carbonyl (C=O) groups excluding carboxylic acids is 3. The molecule has 0 saturated heterocycles. The second-order valence-electron chi connectivity index (χ2n) is 6.11. The summed E-state index contributed by atoms with van der Waals surface area (Å²) in [5, 5.41) is 4.92. The maximum Gasteiger partial charge on any atom is 0.415 e. The van der Waals surface area contributed by atoms with E-state index in [1.807, 2.05) is 6.26 Å². The van der Waals surface area contributed by atoms with Gasteiger partial charge in [0.1, 0.15) is 17.5 Å². The highest BCUT2D eigenvalue weighted by Crippen LogP contribution is 2.11. The molecule has 8 nitrogen and oxygen atoms in total. The second kappa shape index (κ2) is 12.4. The van der Waals surface area contributed by atoms with Gasteiger partial charge < -0.3 is 19.5 Å². The molecule has 0 radical (unpaired) electrons. The van der Waals surface area contributed by atoms with Gasteiger partial charge in [0.25, 0.3) is 0 Å². The molecule has 2 rings (SSSR count). The lowest BCUT2D eigenvalue weighted by Gasteiger charge is -2.20. The Kier molecular flexibility index (Phi) is 9.53. The lowest BCUT2D eigenvalue weighted by Crippen LogP contribution is -2.47. The van der Waals surface area contributed by atoms with Gasteiger partial charge in [0, 0.05) is 0 Å². The highest BCUT2D eigenvalue weighted by molar-refractivity contribution is 7.98. The number of esters is 1. The van der Waals surface area contributed by atoms with Crippen molar-refractivity contribution in [1.29, 1.82) is 0 Å². The molecule has 0 aliphatic carbocycles. The van der Waals surface area contributed by atoms with Gasteiger partial charge in [-0.3, -0.25) is 5.32 Å². The van der Waals surface area contributed by atoms with Crippen LogP contribution in [-0.2, 0) is 9.53 Å². The molecule has 0 heterocycles. The first-order valence-corrected chi connectivity index (χ1v) is 10.6. The smallest absolute Gasteiger partial charge is 0.415 e. The summed E-state index contributed by atoms with van der Waals surface area (Å²) >= 11 is 1.52. The molecule has 2 N–H and O–H groups in total. The second-order valence-corrected chi connectivity index (χ2v) is 7.09. The molecule has 0 aliphatic heterocycles. The zero-order valence-corrected chi connectivity index (χ0v) is 17.5. The van der Waals surface area contributed by atoms with Gasteiger partial charge >= 0.3 is 18.2 Å². The van der Waals surface area contributed by atoms with Crippen LogP contribution in [0.15, 0.2) is 60.7 Å². The molecule has 2 amide bonds. The highest BCUT2D eigenvalue weighted by Gasteiger charge is 2.25. The van der Waals surface area contributed by atoms with E-state index in [1.165, 1.54) is 18.7 Å². The number of benzene rings is 2. The monoisotopic (exact) mass is 432 g/mol. The summed E-state index contributed by atoms with van der Waals surface area (Å²) in [6, 6.07) is 16.1. The first-order valence-electron chi connectivity index (χ1n) is 9.24. The zero-order valence-electron chi connectivity index (χ0n) is 16.7. The van der Waals surface area contributed by atoms with Crippen LogP contribution in [0.3, 0.4) is 0 Å². The van der Waals surface area contributed by atoms with Crippen molar-refractivity contribution in [1.82, 2.24) is 10.6 Å². The number of amides is 2. The van der Waals surface area contributed by atoms with Crippen LogP contribution in [0, 0.1) is 0 Å². The average Bonchev–Trinajstić information content (AvgIpc) is 2.72. The van der Waals surface area contributed by atoms with Gasteiger partial charge in [0.15, 0.2) is 6.23 Å². The van der Waals surface area contributed by atoms with Crippen LogP contribution in [-0.4, -0.2) is 42.4 Å². The van der Waals surface area contributed by atoms with Crippen LogP contribution in [0.1, 0.15) is 13.3 Å². The Balaban J connectivity index is 1.86. The predicted octanol–water partition coefficient (Wildman–Crippen LogP) is 3.57. The SMILES string of the molecule is CSCC[C@H](NC(=O)Oc1ccccc1)C(=O)OC(C)NC(=O)Oc1ccccc1. The van der Waals surface area contributed by atoms with Crippen molar-refractivity contribution in [3.63, 3.8) is 0 Å². The molecular weight excluding hydrogens is 408 g/mol. The average molecular weight is 432 g/mol. The molecule has 0 aliphatic rings. The molecule has 0 fully saturated rings. The zero-order chi connectivity index (χ0) is 21.8. The molecule has 0 spiro atoms. The van der Waals surface area contributed by atoms with Crippen LogP contribution in [0.5, 0.6) is 11.5 Å². The van der Waals surface area contributed by atoms with Crippen LogP contribution in [0.2, 0.25) is 0 Å². The largest absolute Gasteiger partial charge is 0.440 e. The lowest BCUT2D eigenvalue weighted by molar-refractivity contribution is -0.151. The van der Waals surface area contributed by atoms with E-state index < -0.39 is 30.4 Å². The number of nitrogens with one attached hydrogen (secondary N) is 2. The summed E-state index contributed by atoms with van der Waals surface area (Å²) in [7, 11) is 0. The van der Waals surface area contributed by atoms with E-state index in [4.69, 9.17) is 14.2 Å². The highest BCUT2D eigenvalue weighted by atomic mass is 32.2. The minimum absolute atomic E-state index is 0.338. The van der Waals surface area contributed by atoms with Crippen molar-refractivity contribution < 1.29 is 28.6 Å². The summed E-state index contributed by atoms with van der Waals surface area (Å²) in [5.74, 6) is 0.632. The van der Waals surface area contributed by atoms with Crippen LogP contribution in [0.4, 0.5) is 9.59 Å². The molecular formula is C21H24N2O6S. The molecule has 0 bridgehead atoms. The maximum atomic E-state index is 12.5. The molecule has 1 unspecified atom stereocenters. The first-order chi connectivity index (χ1) is 14.5. The molecule has 160 valence electrons. The fourth-order valence-corrected chi connectivity index (χ4v) is 2.80. The van der Waals surface area contributed by atoms with Gasteiger partial charge in [-0.25, -0.2) is 14.4 Å². The fraction of sp³-hybridized carbons (Fsp3) is 0.286. The fourth-order valence-electron chi connectivity index (χ4n) is 2.33. The van der Waals surface area contributed by atoms with E-state index in [0.29, 0.717) is 23.7 Å². The standard InChI is InChI=1S/C21H24N2O6S/c1-15(22-20(25)28-16-9-5-3-6-10-16)27-19(24)18(13-14-30-2)23-21(26)29-17-11-7-4-8-12-17/h3-12,15,18H,13-14H2,1-2H3,(H,22,25)(H,23,26)/t15?,18-/m0/s1. The van der Waals surface area contributed by atoms with Gasteiger partial charge in [0.2, 0.25) is 0 Å². The molecule has 9 heteroatoms. The van der Waals surface area contributed by atoms with Gasteiger partial charge in [-0.2, -0.15) is 11.8 Å². The van der Waals surface area contributed by atoms with Crippen molar-refractivity contribution in [3.05, 3.63) is 60.7 Å². The quantitative estimate of drug-likeness (QED) is 0.461. The van der Waals surface area contributed by atoms with E-state index in [0.717, 1.165) is 0 Å². The summed E-state index contributed by atoms with van der Waals surface area (Å²) in [5.41, 5.74) is 0. The van der Waals surface area contributed by atoms with E-state index in [9.17, 15) is 14.4 Å². The third kappa shape index (κ3) is 8.44. The Morgan fingerprint density at radius 1 is 0.867 bits per heavy atom. The number of para-hydroxylation sites is 2. The Morgan fingerprint density at radius 2 is 1.37 bits per heavy atom. The number of rotatable bonds is 9. The minimum atomic E-state index is -0.961. The number of carbonyl (C=O) groups is 3. The first kappa shape index (κ1) is 23.1. The van der Waals surface area contributed by atoms with Gasteiger partial charge in [-0.15, -0.1) is 0 Å². The molecule has 30 heavy (non-hydrogen) atoms. The number of ether oxygens (including phenoxy) is 3. The third-order valence-electron chi connectivity index (χ3n) is 3.71. The molecule has 0 aromatic heterocycles. The van der Waals surface area contributed by atoms with Crippen molar-refractivity contribution in [2.24, 2.45) is 0 Å². The van der Waals surface area contributed by atoms with Crippen LogP contribution in [0.25, 0.3) is 0 Å². The Hall–Kier alpha value is -3.20. The normalized spacial score (nSPS) is 12.2. The molecule has 2 atom stereocenters. The number of thioether (sulfide) groups is 1. The molecule has 2 aromatic rings. The Morgan fingerprint density at radius 3 is 1.87 bits per heavy atom. The Labute approximate surface area is 179 Å². The van der Waals surface area contributed by atoms with Crippen molar-refractivity contribution in [3.8, 4) is 11.5 Å². The van der Waals surface area contributed by atoms with E-state index in [-0.39, 0.29) is 0 Å². The summed E-state index contributed by atoms with van der Waals surface area (Å²) in [6.07, 6.45) is -0.274. The topological polar surface area (TPSA) is 103 Å².